The van der Waals surface area contributed by atoms with E-state index in [0.29, 0.717) is 31.4 Å². The summed E-state index contributed by atoms with van der Waals surface area (Å²) < 4.78 is 27.2. The van der Waals surface area contributed by atoms with Crippen LogP contribution >= 0.6 is 0 Å². The zero-order valence-electron chi connectivity index (χ0n) is 19.3. The second kappa shape index (κ2) is 14.2. The molecular weight excluding hydrogens is 440 g/mol. The number of rotatable bonds is 12. The summed E-state index contributed by atoms with van der Waals surface area (Å²) in [4.78, 5) is 59.5. The summed E-state index contributed by atoms with van der Waals surface area (Å²) in [6.45, 7) is 6.83. The minimum absolute atomic E-state index is 0.0293. The molecule has 1 aliphatic heterocycles. The molecule has 186 valence electrons. The zero-order valence-corrected chi connectivity index (χ0v) is 19.3. The molecule has 5 atom stereocenters. The number of ether oxygens (including phenoxy) is 5. The number of carboxylic acid groups (broad SMARTS) is 1. The molecule has 1 rings (SSSR count). The molecule has 1 fully saturated rings. The quantitative estimate of drug-likeness (QED) is 0.252. The van der Waals surface area contributed by atoms with E-state index in [9.17, 15) is 24.0 Å². The van der Waals surface area contributed by atoms with Gasteiger partial charge in [0.2, 0.25) is 12.4 Å². The van der Waals surface area contributed by atoms with E-state index < -0.39 is 60.6 Å². The van der Waals surface area contributed by atoms with Gasteiger partial charge in [-0.2, -0.15) is 0 Å². The number of esters is 4. The predicted molar refractivity (Wildman–Crippen MR) is 112 cm³/mol. The van der Waals surface area contributed by atoms with Gasteiger partial charge in [0.15, 0.2) is 12.2 Å². The van der Waals surface area contributed by atoms with Crippen molar-refractivity contribution in [3.05, 3.63) is 12.2 Å². The fourth-order valence-corrected chi connectivity index (χ4v) is 3.03. The molecule has 33 heavy (non-hydrogen) atoms. The Morgan fingerprint density at radius 1 is 0.727 bits per heavy atom. The Balaban J connectivity index is 3.29. The molecule has 0 bridgehead atoms. The average molecular weight is 472 g/mol. The van der Waals surface area contributed by atoms with Crippen LogP contribution < -0.4 is 0 Å². The highest BCUT2D eigenvalue weighted by atomic mass is 16.7. The van der Waals surface area contributed by atoms with Gasteiger partial charge in [0.05, 0.1) is 6.10 Å². The van der Waals surface area contributed by atoms with Crippen molar-refractivity contribution in [3.8, 4) is 0 Å². The summed E-state index contributed by atoms with van der Waals surface area (Å²) >= 11 is 0. The maximum atomic E-state index is 12.3. The van der Waals surface area contributed by atoms with E-state index in [0.717, 1.165) is 0 Å². The van der Waals surface area contributed by atoms with Crippen LogP contribution in [0.2, 0.25) is 0 Å². The highest BCUT2D eigenvalue weighted by Gasteiger charge is 2.52. The Labute approximate surface area is 192 Å². The van der Waals surface area contributed by atoms with E-state index in [4.69, 9.17) is 28.8 Å². The van der Waals surface area contributed by atoms with Gasteiger partial charge in [-0.15, -0.1) is 0 Å². The molecule has 0 aromatic carbocycles. The maximum Gasteiger partial charge on any atom is 0.333 e. The summed E-state index contributed by atoms with van der Waals surface area (Å²) in [5.41, 5.74) is 0. The van der Waals surface area contributed by atoms with Crippen LogP contribution in [-0.4, -0.2) is 65.7 Å². The van der Waals surface area contributed by atoms with E-state index in [1.54, 1.807) is 20.8 Å². The van der Waals surface area contributed by atoms with Crippen molar-refractivity contribution in [2.45, 2.75) is 96.9 Å². The first-order valence-electron chi connectivity index (χ1n) is 11.0. The van der Waals surface area contributed by atoms with Gasteiger partial charge in [-0.05, 0) is 26.2 Å². The van der Waals surface area contributed by atoms with Crippen LogP contribution in [0, 0.1) is 0 Å². The molecular formula is C22H32O11. The third-order valence-electron chi connectivity index (χ3n) is 4.49. The van der Waals surface area contributed by atoms with Crippen LogP contribution in [0.15, 0.2) is 12.2 Å². The molecule has 0 aromatic rings. The summed E-state index contributed by atoms with van der Waals surface area (Å²) in [5.74, 6) is -4.30. The van der Waals surface area contributed by atoms with Gasteiger partial charge in [0, 0.05) is 31.4 Å². The monoisotopic (exact) mass is 472 g/mol. The fourth-order valence-electron chi connectivity index (χ4n) is 3.03. The standard InChI is InChI=1S/C22H32O11/c1-5-8-15(25)30-19-13(4)29-22(33-18(28)12-11-14(23)24)21(32-17(27)10-7-3)20(19)31-16(26)9-6-2/h11-13,19-22H,5-10H2,1-4H3,(H,23,24)/b12-11+. The van der Waals surface area contributed by atoms with Gasteiger partial charge in [-0.25, -0.2) is 9.59 Å². The first kappa shape index (κ1) is 28.1. The van der Waals surface area contributed by atoms with Crippen molar-refractivity contribution < 1.29 is 52.8 Å². The lowest BCUT2D eigenvalue weighted by Crippen LogP contribution is -2.61. The number of hydrogen-bond donors (Lipinski definition) is 1. The molecule has 11 heteroatoms. The molecule has 1 N–H and O–H groups in total. The molecule has 1 saturated heterocycles. The predicted octanol–water partition coefficient (Wildman–Crippen LogP) is 2.05. The fraction of sp³-hybridized carbons (Fsp3) is 0.682. The lowest BCUT2D eigenvalue weighted by Gasteiger charge is -2.43. The molecule has 5 unspecified atom stereocenters. The van der Waals surface area contributed by atoms with Crippen molar-refractivity contribution in [1.29, 1.82) is 0 Å². The van der Waals surface area contributed by atoms with Crippen molar-refractivity contribution in [3.63, 3.8) is 0 Å². The van der Waals surface area contributed by atoms with E-state index in [-0.39, 0.29) is 19.3 Å². The van der Waals surface area contributed by atoms with Crippen LogP contribution in [0.1, 0.15) is 66.2 Å². The van der Waals surface area contributed by atoms with Crippen molar-refractivity contribution in [1.82, 2.24) is 0 Å². The van der Waals surface area contributed by atoms with E-state index in [2.05, 4.69) is 0 Å². The highest BCUT2D eigenvalue weighted by molar-refractivity contribution is 5.90. The Bertz CT molecular complexity index is 730. The highest BCUT2D eigenvalue weighted by Crippen LogP contribution is 2.30. The third-order valence-corrected chi connectivity index (χ3v) is 4.49. The van der Waals surface area contributed by atoms with Crippen LogP contribution in [0.5, 0.6) is 0 Å². The second-order valence-electron chi connectivity index (χ2n) is 7.43. The molecule has 1 heterocycles. The molecule has 0 aliphatic carbocycles. The van der Waals surface area contributed by atoms with Gasteiger partial charge < -0.3 is 28.8 Å². The minimum Gasteiger partial charge on any atom is -0.478 e. The van der Waals surface area contributed by atoms with E-state index >= 15 is 0 Å². The summed E-state index contributed by atoms with van der Waals surface area (Å²) in [5, 5.41) is 8.69. The molecule has 1 aliphatic rings. The van der Waals surface area contributed by atoms with Gasteiger partial charge >= 0.3 is 29.8 Å². The van der Waals surface area contributed by atoms with Crippen LogP contribution in [0.4, 0.5) is 0 Å². The molecule has 0 radical (unpaired) electrons. The lowest BCUT2D eigenvalue weighted by molar-refractivity contribution is -0.293. The van der Waals surface area contributed by atoms with Gasteiger partial charge in [0.1, 0.15) is 0 Å². The molecule has 0 amide bonds. The van der Waals surface area contributed by atoms with Crippen molar-refractivity contribution >= 4 is 29.8 Å². The Morgan fingerprint density at radius 2 is 1.18 bits per heavy atom. The lowest BCUT2D eigenvalue weighted by atomic mass is 9.98. The maximum absolute atomic E-state index is 12.3. The molecule has 0 saturated carbocycles. The number of carboxylic acids is 1. The van der Waals surface area contributed by atoms with Gasteiger partial charge in [0.25, 0.3) is 0 Å². The van der Waals surface area contributed by atoms with Crippen LogP contribution in [0.25, 0.3) is 0 Å². The van der Waals surface area contributed by atoms with Crippen LogP contribution in [0.3, 0.4) is 0 Å². The van der Waals surface area contributed by atoms with E-state index in [1.165, 1.54) is 6.92 Å². The summed E-state index contributed by atoms with van der Waals surface area (Å²) in [6.07, 6.45) is -3.44. The van der Waals surface area contributed by atoms with Gasteiger partial charge in [-0.1, -0.05) is 20.8 Å². The Kier molecular flexibility index (Phi) is 12.1. The topological polar surface area (TPSA) is 152 Å². The first-order valence-corrected chi connectivity index (χ1v) is 11.0. The molecule has 11 nitrogen and oxygen atoms in total. The molecule has 0 aromatic heterocycles. The van der Waals surface area contributed by atoms with Crippen molar-refractivity contribution in [2.24, 2.45) is 0 Å². The largest absolute Gasteiger partial charge is 0.478 e. The number of carbonyl (C=O) groups is 5. The average Bonchev–Trinajstić information content (AvgIpc) is 2.72. The minimum atomic E-state index is -1.53. The van der Waals surface area contributed by atoms with Crippen molar-refractivity contribution in [2.75, 3.05) is 0 Å². The normalized spacial score (nSPS) is 24.7. The SMILES string of the molecule is CCCC(=O)OC1C(C)OC(OC(=O)/C=C/C(=O)O)C(OC(=O)CCC)C1OC(=O)CCC. The van der Waals surface area contributed by atoms with Gasteiger partial charge in [-0.3, -0.25) is 14.4 Å². The number of carbonyl (C=O) groups excluding carboxylic acids is 4. The van der Waals surface area contributed by atoms with E-state index in [1.807, 2.05) is 0 Å². The third kappa shape index (κ3) is 9.60. The molecule has 0 spiro atoms. The summed E-state index contributed by atoms with van der Waals surface area (Å²) in [6, 6.07) is 0. The summed E-state index contributed by atoms with van der Waals surface area (Å²) in [7, 11) is 0. The first-order chi connectivity index (χ1) is 15.6. The number of hydrogen-bond acceptors (Lipinski definition) is 10. The Morgan fingerprint density at radius 3 is 1.64 bits per heavy atom. The smallest absolute Gasteiger partial charge is 0.333 e. The van der Waals surface area contributed by atoms with Crippen LogP contribution in [-0.2, 0) is 47.7 Å². The second-order valence-corrected chi connectivity index (χ2v) is 7.43. The Hall–Kier alpha value is -2.95. The zero-order chi connectivity index (χ0) is 25.0. The number of aliphatic carboxylic acids is 1.